The molecule has 0 aliphatic heterocycles. The zero-order chi connectivity index (χ0) is 17.5. The first-order valence-electron chi connectivity index (χ1n) is 8.07. The molecule has 25 heavy (non-hydrogen) atoms. The Hall–Kier alpha value is -3.21. The molecule has 3 aromatic rings. The normalized spacial score (nSPS) is 13.6. The molecule has 2 aromatic heterocycles. The summed E-state index contributed by atoms with van der Waals surface area (Å²) in [6.07, 6.45) is 10.6. The van der Waals surface area contributed by atoms with Crippen LogP contribution in [0.25, 0.3) is 0 Å². The molecule has 126 valence electrons. The maximum absolute atomic E-state index is 12.0. The lowest BCUT2D eigenvalue weighted by molar-refractivity contribution is -0.140. The van der Waals surface area contributed by atoms with Gasteiger partial charge in [0.05, 0.1) is 12.5 Å². The fourth-order valence-corrected chi connectivity index (χ4v) is 2.89. The number of rotatable bonds is 7. The molecular formula is C20H19N3O2. The first kappa shape index (κ1) is 16.6. The van der Waals surface area contributed by atoms with E-state index in [4.69, 9.17) is 0 Å². The quantitative estimate of drug-likeness (QED) is 0.673. The van der Waals surface area contributed by atoms with Gasteiger partial charge in [0.25, 0.3) is 0 Å². The lowest BCUT2D eigenvalue weighted by Crippen LogP contribution is -2.21. The molecule has 0 spiro atoms. The maximum Gasteiger partial charge on any atom is 0.311 e. The standard InChI is InChI=1S/C20H19N3O2/c24-20(25)18(10-5-13-23-14-6-12-22-23)19(16-7-2-1-3-8-16)17-9-4-11-21-15-17/h1-12,14-15,18-19H,13H2,(H,24,25). The smallest absolute Gasteiger partial charge is 0.311 e. The Bertz CT molecular complexity index is 775. The van der Waals surface area contributed by atoms with Gasteiger partial charge in [-0.2, -0.15) is 5.10 Å². The van der Waals surface area contributed by atoms with E-state index < -0.39 is 11.9 Å². The molecule has 1 N–H and O–H groups in total. The summed E-state index contributed by atoms with van der Waals surface area (Å²) in [4.78, 5) is 16.1. The zero-order valence-corrected chi connectivity index (χ0v) is 13.6. The fourth-order valence-electron chi connectivity index (χ4n) is 2.89. The third kappa shape index (κ3) is 4.20. The minimum atomic E-state index is -0.866. The molecule has 0 saturated carbocycles. The Balaban J connectivity index is 1.93. The minimum Gasteiger partial charge on any atom is -0.481 e. The molecule has 0 amide bonds. The average molecular weight is 333 g/mol. The van der Waals surface area contributed by atoms with Crippen LogP contribution < -0.4 is 0 Å². The SMILES string of the molecule is O=C(O)C(C=CCn1cccn1)C(c1ccccc1)c1cccnc1. The van der Waals surface area contributed by atoms with Gasteiger partial charge in [0.15, 0.2) is 0 Å². The number of aliphatic carboxylic acids is 1. The van der Waals surface area contributed by atoms with Gasteiger partial charge in [0.2, 0.25) is 0 Å². The summed E-state index contributed by atoms with van der Waals surface area (Å²) in [6, 6.07) is 15.3. The van der Waals surface area contributed by atoms with E-state index in [-0.39, 0.29) is 5.92 Å². The summed E-state index contributed by atoms with van der Waals surface area (Å²) in [5, 5.41) is 14.0. The molecule has 1 aromatic carbocycles. The third-order valence-corrected chi connectivity index (χ3v) is 4.04. The molecule has 2 unspecified atom stereocenters. The van der Waals surface area contributed by atoms with E-state index in [0.717, 1.165) is 11.1 Å². The number of carboxylic acids is 1. The van der Waals surface area contributed by atoms with Crippen LogP contribution in [0.4, 0.5) is 0 Å². The number of allylic oxidation sites excluding steroid dienone is 1. The Labute approximate surface area is 146 Å². The highest BCUT2D eigenvalue weighted by atomic mass is 16.4. The molecule has 0 radical (unpaired) electrons. The highest BCUT2D eigenvalue weighted by Crippen LogP contribution is 2.32. The van der Waals surface area contributed by atoms with Gasteiger partial charge in [0, 0.05) is 30.7 Å². The molecule has 3 rings (SSSR count). The second kappa shape index (κ2) is 8.06. The largest absolute Gasteiger partial charge is 0.481 e. The van der Waals surface area contributed by atoms with E-state index in [0.29, 0.717) is 6.54 Å². The van der Waals surface area contributed by atoms with Gasteiger partial charge in [-0.1, -0.05) is 48.6 Å². The van der Waals surface area contributed by atoms with Gasteiger partial charge in [-0.3, -0.25) is 14.5 Å². The van der Waals surface area contributed by atoms with Crippen LogP contribution in [0.2, 0.25) is 0 Å². The van der Waals surface area contributed by atoms with Crippen LogP contribution in [0, 0.1) is 5.92 Å². The number of carboxylic acid groups (broad SMARTS) is 1. The van der Waals surface area contributed by atoms with Gasteiger partial charge >= 0.3 is 5.97 Å². The van der Waals surface area contributed by atoms with Gasteiger partial charge in [-0.15, -0.1) is 0 Å². The summed E-state index contributed by atoms with van der Waals surface area (Å²) < 4.78 is 1.75. The molecule has 0 aliphatic rings. The number of aromatic nitrogens is 3. The van der Waals surface area contributed by atoms with Gasteiger partial charge in [-0.05, 0) is 23.3 Å². The number of carbonyl (C=O) groups is 1. The van der Waals surface area contributed by atoms with Crippen molar-refractivity contribution in [3.63, 3.8) is 0 Å². The predicted molar refractivity (Wildman–Crippen MR) is 95.0 cm³/mol. The Morgan fingerprint density at radius 3 is 2.52 bits per heavy atom. The third-order valence-electron chi connectivity index (χ3n) is 4.04. The summed E-state index contributed by atoms with van der Waals surface area (Å²) in [5.74, 6) is -1.86. The lowest BCUT2D eigenvalue weighted by Gasteiger charge is -2.22. The number of pyridine rings is 1. The van der Waals surface area contributed by atoms with Crippen molar-refractivity contribution in [2.45, 2.75) is 12.5 Å². The second-order valence-corrected chi connectivity index (χ2v) is 5.69. The first-order valence-corrected chi connectivity index (χ1v) is 8.07. The van der Waals surface area contributed by atoms with E-state index in [9.17, 15) is 9.90 Å². The Kier molecular flexibility index (Phi) is 5.36. The van der Waals surface area contributed by atoms with E-state index in [1.165, 1.54) is 0 Å². The van der Waals surface area contributed by atoms with Crippen molar-refractivity contribution in [2.24, 2.45) is 5.92 Å². The van der Waals surface area contributed by atoms with Crippen molar-refractivity contribution in [1.82, 2.24) is 14.8 Å². The summed E-state index contributed by atoms with van der Waals surface area (Å²) in [7, 11) is 0. The molecule has 2 heterocycles. The molecule has 2 atom stereocenters. The van der Waals surface area contributed by atoms with E-state index >= 15 is 0 Å². The number of benzene rings is 1. The molecule has 0 aliphatic carbocycles. The average Bonchev–Trinajstić information content (AvgIpc) is 3.16. The predicted octanol–water partition coefficient (Wildman–Crippen LogP) is 3.37. The monoisotopic (exact) mass is 333 g/mol. The maximum atomic E-state index is 12.0. The summed E-state index contributed by atoms with van der Waals surface area (Å²) >= 11 is 0. The molecule has 0 fully saturated rings. The minimum absolute atomic E-state index is 0.304. The molecule has 5 nitrogen and oxygen atoms in total. The van der Waals surface area contributed by atoms with Crippen LogP contribution in [0.5, 0.6) is 0 Å². The number of nitrogens with zero attached hydrogens (tertiary/aromatic N) is 3. The molecule has 0 bridgehead atoms. The Morgan fingerprint density at radius 1 is 1.08 bits per heavy atom. The second-order valence-electron chi connectivity index (χ2n) is 5.69. The van der Waals surface area contributed by atoms with Crippen molar-refractivity contribution in [3.05, 3.63) is 96.6 Å². The van der Waals surface area contributed by atoms with Crippen molar-refractivity contribution in [1.29, 1.82) is 0 Å². The molecule has 5 heteroatoms. The highest BCUT2D eigenvalue weighted by Gasteiger charge is 2.28. The zero-order valence-electron chi connectivity index (χ0n) is 13.6. The van der Waals surface area contributed by atoms with Crippen LogP contribution in [-0.4, -0.2) is 25.8 Å². The van der Waals surface area contributed by atoms with E-state index in [1.54, 1.807) is 29.3 Å². The van der Waals surface area contributed by atoms with Crippen LogP contribution >= 0.6 is 0 Å². The van der Waals surface area contributed by atoms with Gasteiger partial charge < -0.3 is 5.11 Å². The van der Waals surface area contributed by atoms with E-state index in [1.807, 2.05) is 60.8 Å². The number of hydrogen-bond acceptors (Lipinski definition) is 3. The fraction of sp³-hybridized carbons (Fsp3) is 0.150. The van der Waals surface area contributed by atoms with Crippen molar-refractivity contribution < 1.29 is 9.90 Å². The van der Waals surface area contributed by atoms with Gasteiger partial charge in [-0.25, -0.2) is 0 Å². The molecular weight excluding hydrogens is 314 g/mol. The van der Waals surface area contributed by atoms with Crippen LogP contribution in [0.15, 0.2) is 85.5 Å². The van der Waals surface area contributed by atoms with Crippen LogP contribution in [-0.2, 0) is 11.3 Å². The van der Waals surface area contributed by atoms with Crippen LogP contribution in [0.3, 0.4) is 0 Å². The van der Waals surface area contributed by atoms with E-state index in [2.05, 4.69) is 10.1 Å². The topological polar surface area (TPSA) is 68.0 Å². The molecule has 0 saturated heterocycles. The highest BCUT2D eigenvalue weighted by molar-refractivity contribution is 5.74. The summed E-state index contributed by atoms with van der Waals surface area (Å²) in [6.45, 7) is 0.533. The van der Waals surface area contributed by atoms with Crippen molar-refractivity contribution in [2.75, 3.05) is 0 Å². The van der Waals surface area contributed by atoms with Crippen molar-refractivity contribution in [3.8, 4) is 0 Å². The van der Waals surface area contributed by atoms with Crippen molar-refractivity contribution >= 4 is 5.97 Å². The first-order chi connectivity index (χ1) is 12.3. The summed E-state index contributed by atoms with van der Waals surface area (Å²) in [5.41, 5.74) is 1.83. The van der Waals surface area contributed by atoms with Gasteiger partial charge in [0.1, 0.15) is 0 Å². The van der Waals surface area contributed by atoms with Crippen LogP contribution in [0.1, 0.15) is 17.0 Å². The Morgan fingerprint density at radius 2 is 1.88 bits per heavy atom. The number of hydrogen-bond donors (Lipinski definition) is 1. The lowest BCUT2D eigenvalue weighted by atomic mass is 9.81.